The highest BCUT2D eigenvalue weighted by Crippen LogP contribution is 2.37. The summed E-state index contributed by atoms with van der Waals surface area (Å²) in [5, 5.41) is 2.61. The Morgan fingerprint density at radius 1 is 0.900 bits per heavy atom. The van der Waals surface area contributed by atoms with Crippen LogP contribution in [0.25, 0.3) is 10.8 Å². The highest BCUT2D eigenvalue weighted by molar-refractivity contribution is 5.87. The summed E-state index contributed by atoms with van der Waals surface area (Å²) in [7, 11) is 0. The number of hydrogen-bond acceptors (Lipinski definition) is 0. The third-order valence-electron chi connectivity index (χ3n) is 5.00. The monoisotopic (exact) mass is 267 g/mol. The topological polar surface area (TPSA) is 0 Å². The normalized spacial score (nSPS) is 12.9. The third kappa shape index (κ3) is 2.61. The van der Waals surface area contributed by atoms with Crippen LogP contribution in [0.2, 0.25) is 0 Å². The number of hydrogen-bond donors (Lipinski definition) is 0. The van der Waals surface area contributed by atoms with Gasteiger partial charge in [-0.15, -0.1) is 0 Å². The van der Waals surface area contributed by atoms with Gasteiger partial charge in [-0.1, -0.05) is 71.9 Å². The smallest absolute Gasteiger partial charge is 0.00584 e. The predicted octanol–water partition coefficient (Wildman–Crippen LogP) is 6.02. The maximum atomic E-state index is 3.65. The molecule has 0 nitrogen and oxygen atoms in total. The minimum Gasteiger partial charge on any atom is -0.0646 e. The molecule has 0 aliphatic heterocycles. The largest absolute Gasteiger partial charge is 0.0646 e. The zero-order valence-corrected chi connectivity index (χ0v) is 13.8. The first kappa shape index (κ1) is 15.1. The molecule has 0 heteroatoms. The zero-order valence-electron chi connectivity index (χ0n) is 13.8. The average molecular weight is 267 g/mol. The van der Waals surface area contributed by atoms with Crippen LogP contribution in [0.3, 0.4) is 0 Å². The maximum absolute atomic E-state index is 3.65. The Labute approximate surface area is 124 Å². The van der Waals surface area contributed by atoms with Gasteiger partial charge in [0.25, 0.3) is 0 Å². The van der Waals surface area contributed by atoms with Crippen molar-refractivity contribution in [2.75, 3.05) is 0 Å². The Kier molecular flexibility index (Phi) is 3.95. The molecular weight excluding hydrogens is 240 g/mol. The summed E-state index contributed by atoms with van der Waals surface area (Å²) in [6.45, 7) is 13.9. The fourth-order valence-corrected chi connectivity index (χ4v) is 2.54. The van der Waals surface area contributed by atoms with Crippen LogP contribution in [0.4, 0.5) is 0 Å². The van der Waals surface area contributed by atoms with Crippen LogP contribution >= 0.6 is 0 Å². The van der Waals surface area contributed by atoms with Crippen LogP contribution in [0.15, 0.2) is 30.3 Å². The van der Waals surface area contributed by atoms with Crippen molar-refractivity contribution in [3.05, 3.63) is 47.5 Å². The Morgan fingerprint density at radius 2 is 1.50 bits per heavy atom. The SMILES string of the molecule is CCC(C)(C)c1[c]c2ccccc2c(C(C)(C)CC)c1. The molecule has 1 radical (unpaired) electrons. The molecule has 0 bridgehead atoms. The second-order valence-electron chi connectivity index (χ2n) is 7.12. The van der Waals surface area contributed by atoms with Crippen LogP contribution in [-0.2, 0) is 10.8 Å². The van der Waals surface area contributed by atoms with Crippen LogP contribution in [0.1, 0.15) is 65.5 Å². The van der Waals surface area contributed by atoms with Gasteiger partial charge in [-0.25, -0.2) is 0 Å². The Morgan fingerprint density at radius 3 is 2.10 bits per heavy atom. The molecule has 2 aromatic carbocycles. The molecule has 0 atom stereocenters. The molecular formula is C20H27. The summed E-state index contributed by atoms with van der Waals surface area (Å²) < 4.78 is 0. The van der Waals surface area contributed by atoms with Crippen molar-refractivity contribution in [1.29, 1.82) is 0 Å². The van der Waals surface area contributed by atoms with E-state index in [0.29, 0.717) is 0 Å². The molecule has 0 aromatic heterocycles. The van der Waals surface area contributed by atoms with Gasteiger partial charge in [-0.3, -0.25) is 0 Å². The van der Waals surface area contributed by atoms with Crippen molar-refractivity contribution >= 4 is 10.8 Å². The molecule has 0 heterocycles. The second kappa shape index (κ2) is 5.24. The third-order valence-corrected chi connectivity index (χ3v) is 5.00. The van der Waals surface area contributed by atoms with E-state index in [4.69, 9.17) is 0 Å². The van der Waals surface area contributed by atoms with E-state index in [2.05, 4.69) is 77.9 Å². The van der Waals surface area contributed by atoms with E-state index in [1.54, 1.807) is 0 Å². The predicted molar refractivity (Wildman–Crippen MR) is 89.4 cm³/mol. The van der Waals surface area contributed by atoms with E-state index in [0.717, 1.165) is 12.8 Å². The molecule has 0 spiro atoms. The van der Waals surface area contributed by atoms with Crippen LogP contribution in [0.5, 0.6) is 0 Å². The van der Waals surface area contributed by atoms with Gasteiger partial charge < -0.3 is 0 Å². The van der Waals surface area contributed by atoms with E-state index in [1.165, 1.54) is 21.9 Å². The molecule has 2 aromatic rings. The first-order valence-corrected chi connectivity index (χ1v) is 7.78. The van der Waals surface area contributed by atoms with E-state index in [1.807, 2.05) is 0 Å². The van der Waals surface area contributed by atoms with Gasteiger partial charge in [0.1, 0.15) is 0 Å². The van der Waals surface area contributed by atoms with E-state index < -0.39 is 0 Å². The number of fused-ring (bicyclic) bond motifs is 1. The van der Waals surface area contributed by atoms with Gasteiger partial charge in [0.05, 0.1) is 0 Å². The maximum Gasteiger partial charge on any atom is -0.00584 e. The van der Waals surface area contributed by atoms with Gasteiger partial charge in [0.15, 0.2) is 0 Å². The van der Waals surface area contributed by atoms with Gasteiger partial charge in [-0.05, 0) is 51.6 Å². The summed E-state index contributed by atoms with van der Waals surface area (Å²) >= 11 is 0. The Balaban J connectivity index is 2.77. The lowest BCUT2D eigenvalue weighted by Crippen LogP contribution is -2.20. The molecule has 20 heavy (non-hydrogen) atoms. The van der Waals surface area contributed by atoms with Crippen LogP contribution in [0, 0.1) is 6.07 Å². The summed E-state index contributed by atoms with van der Waals surface area (Å²) in [5.74, 6) is 0. The lowest BCUT2D eigenvalue weighted by molar-refractivity contribution is 0.491. The number of benzene rings is 2. The van der Waals surface area contributed by atoms with Crippen molar-refractivity contribution in [3.8, 4) is 0 Å². The summed E-state index contributed by atoms with van der Waals surface area (Å²) in [5.41, 5.74) is 3.19. The van der Waals surface area contributed by atoms with E-state index in [9.17, 15) is 0 Å². The van der Waals surface area contributed by atoms with Gasteiger partial charge in [0.2, 0.25) is 0 Å². The minimum absolute atomic E-state index is 0.183. The van der Waals surface area contributed by atoms with Crippen molar-refractivity contribution in [2.24, 2.45) is 0 Å². The standard InChI is InChI=1S/C20H27/c1-7-19(3,4)16-13-15-11-9-10-12-17(15)18(14-16)20(5,6)8-2/h9-12,14H,7-8H2,1-6H3. The van der Waals surface area contributed by atoms with E-state index >= 15 is 0 Å². The molecule has 0 unspecified atom stereocenters. The van der Waals surface area contributed by atoms with Crippen LogP contribution in [-0.4, -0.2) is 0 Å². The Hall–Kier alpha value is -1.30. The van der Waals surface area contributed by atoms with Crippen molar-refractivity contribution in [2.45, 2.75) is 65.2 Å². The second-order valence-corrected chi connectivity index (χ2v) is 7.12. The van der Waals surface area contributed by atoms with Crippen LogP contribution < -0.4 is 0 Å². The lowest BCUT2D eigenvalue weighted by atomic mass is 9.74. The molecule has 0 aliphatic rings. The van der Waals surface area contributed by atoms with Crippen molar-refractivity contribution in [3.63, 3.8) is 0 Å². The Bertz CT molecular complexity index is 602. The average Bonchev–Trinajstić information content (AvgIpc) is 2.45. The van der Waals surface area contributed by atoms with Gasteiger partial charge >= 0.3 is 0 Å². The fraction of sp³-hybridized carbons (Fsp3) is 0.500. The van der Waals surface area contributed by atoms with E-state index in [-0.39, 0.29) is 10.8 Å². The molecule has 2 rings (SSSR count). The highest BCUT2D eigenvalue weighted by Gasteiger charge is 2.25. The summed E-state index contributed by atoms with van der Waals surface area (Å²) in [6, 6.07) is 14.7. The van der Waals surface area contributed by atoms with Crippen molar-refractivity contribution < 1.29 is 0 Å². The van der Waals surface area contributed by atoms with Gasteiger partial charge in [-0.2, -0.15) is 0 Å². The quantitative estimate of drug-likeness (QED) is 0.636. The minimum atomic E-state index is 0.183. The molecule has 0 saturated carbocycles. The molecule has 0 saturated heterocycles. The zero-order chi connectivity index (χ0) is 15.0. The first-order valence-electron chi connectivity index (χ1n) is 7.78. The molecule has 0 N–H and O–H groups in total. The summed E-state index contributed by atoms with van der Waals surface area (Å²) in [4.78, 5) is 0. The lowest BCUT2D eigenvalue weighted by Gasteiger charge is -2.30. The van der Waals surface area contributed by atoms with Gasteiger partial charge in [0, 0.05) is 0 Å². The highest BCUT2D eigenvalue weighted by atomic mass is 14.3. The first-order chi connectivity index (χ1) is 9.31. The fourth-order valence-electron chi connectivity index (χ4n) is 2.54. The van der Waals surface area contributed by atoms with Crippen molar-refractivity contribution in [1.82, 2.24) is 0 Å². The molecule has 0 aliphatic carbocycles. The molecule has 0 fully saturated rings. The molecule has 0 amide bonds. The number of rotatable bonds is 4. The molecule has 107 valence electrons. The summed E-state index contributed by atoms with van der Waals surface area (Å²) in [6.07, 6.45) is 2.28.